The number of furan rings is 1. The fourth-order valence-electron chi connectivity index (χ4n) is 1.54. The van der Waals surface area contributed by atoms with Crippen LogP contribution in [-0.2, 0) is 6.54 Å². The molecule has 5 heteroatoms. The summed E-state index contributed by atoms with van der Waals surface area (Å²) >= 11 is 0. The van der Waals surface area contributed by atoms with Crippen LogP contribution in [0.1, 0.15) is 36.6 Å². The average Bonchev–Trinajstić information content (AvgIpc) is 3.00. The Hall–Kier alpha value is -2.04. The summed E-state index contributed by atoms with van der Waals surface area (Å²) in [7, 11) is 0. The fourth-order valence-corrected chi connectivity index (χ4v) is 1.54. The Morgan fingerprint density at radius 1 is 1.56 bits per heavy atom. The number of carbonyl (C=O) groups excluding carboxylic acids is 1. The first-order chi connectivity index (χ1) is 8.69. The van der Waals surface area contributed by atoms with E-state index in [0.29, 0.717) is 18.1 Å². The number of amides is 1. The quantitative estimate of drug-likeness (QED) is 0.879. The van der Waals surface area contributed by atoms with E-state index in [1.807, 2.05) is 26.1 Å². The molecule has 0 radical (unpaired) electrons. The highest BCUT2D eigenvalue weighted by molar-refractivity contribution is 5.91. The summed E-state index contributed by atoms with van der Waals surface area (Å²) in [5, 5.41) is 6.95. The number of hydrogen-bond acceptors (Lipinski definition) is 3. The van der Waals surface area contributed by atoms with E-state index >= 15 is 0 Å². The number of hydrogen-bond donors (Lipinski definition) is 1. The van der Waals surface area contributed by atoms with E-state index in [1.165, 1.54) is 0 Å². The van der Waals surface area contributed by atoms with Crippen molar-refractivity contribution in [2.45, 2.75) is 32.9 Å². The number of carbonyl (C=O) groups is 1. The Morgan fingerprint density at radius 3 is 3.06 bits per heavy atom. The Kier molecular flexibility index (Phi) is 3.82. The van der Waals surface area contributed by atoms with Gasteiger partial charge in [-0.1, -0.05) is 6.92 Å². The molecule has 2 heterocycles. The van der Waals surface area contributed by atoms with Gasteiger partial charge in [0, 0.05) is 18.4 Å². The van der Waals surface area contributed by atoms with Crippen LogP contribution >= 0.6 is 0 Å². The molecule has 0 aliphatic heterocycles. The minimum atomic E-state index is -0.170. The van der Waals surface area contributed by atoms with Crippen LogP contribution in [0, 0.1) is 0 Å². The molecule has 5 nitrogen and oxygen atoms in total. The lowest BCUT2D eigenvalue weighted by Crippen LogP contribution is -2.31. The van der Waals surface area contributed by atoms with E-state index in [-0.39, 0.29) is 11.9 Å². The molecular formula is C13H17N3O2. The summed E-state index contributed by atoms with van der Waals surface area (Å²) in [6, 6.07) is 5.49. The van der Waals surface area contributed by atoms with Crippen molar-refractivity contribution < 1.29 is 9.21 Å². The van der Waals surface area contributed by atoms with Gasteiger partial charge >= 0.3 is 0 Å². The van der Waals surface area contributed by atoms with Gasteiger partial charge in [-0.3, -0.25) is 9.48 Å². The van der Waals surface area contributed by atoms with Crippen LogP contribution in [0.5, 0.6) is 0 Å². The number of nitrogens with zero attached hydrogens (tertiary/aromatic N) is 2. The van der Waals surface area contributed by atoms with E-state index in [0.717, 1.165) is 6.42 Å². The molecule has 2 aromatic rings. The zero-order valence-electron chi connectivity index (χ0n) is 10.6. The van der Waals surface area contributed by atoms with E-state index in [4.69, 9.17) is 4.42 Å². The van der Waals surface area contributed by atoms with Gasteiger partial charge < -0.3 is 9.73 Å². The molecule has 0 saturated carbocycles. The van der Waals surface area contributed by atoms with Gasteiger partial charge in [0.25, 0.3) is 5.91 Å². The minimum absolute atomic E-state index is 0.150. The number of rotatable bonds is 5. The summed E-state index contributed by atoms with van der Waals surface area (Å²) in [6.45, 7) is 4.52. The summed E-state index contributed by atoms with van der Waals surface area (Å²) in [4.78, 5) is 11.8. The van der Waals surface area contributed by atoms with Crippen LogP contribution in [0.2, 0.25) is 0 Å². The van der Waals surface area contributed by atoms with Crippen molar-refractivity contribution in [1.82, 2.24) is 15.1 Å². The molecule has 0 aliphatic rings. The molecule has 1 atom stereocenters. The molecule has 96 valence electrons. The van der Waals surface area contributed by atoms with Crippen molar-refractivity contribution in [1.29, 1.82) is 0 Å². The maximum Gasteiger partial charge on any atom is 0.287 e. The van der Waals surface area contributed by atoms with Gasteiger partial charge in [0.1, 0.15) is 5.76 Å². The fraction of sp³-hybridized carbons (Fsp3) is 0.385. The maximum atomic E-state index is 11.8. The predicted molar refractivity (Wildman–Crippen MR) is 67.3 cm³/mol. The highest BCUT2D eigenvalue weighted by Crippen LogP contribution is 2.09. The van der Waals surface area contributed by atoms with Crippen LogP contribution in [0.15, 0.2) is 35.0 Å². The molecule has 0 fully saturated rings. The normalized spacial score (nSPS) is 12.3. The predicted octanol–water partition coefficient (Wildman–Crippen LogP) is 2.05. The van der Waals surface area contributed by atoms with Crippen molar-refractivity contribution in [2.75, 3.05) is 0 Å². The zero-order valence-corrected chi connectivity index (χ0v) is 10.6. The minimum Gasteiger partial charge on any atom is -0.454 e. The maximum absolute atomic E-state index is 11.8. The highest BCUT2D eigenvalue weighted by Gasteiger charge is 2.13. The standard InChI is InChI=1S/C13H17N3O2/c1-3-10(2)15-13(17)12-6-5-11(18-12)9-16-8-4-7-14-16/h4-8,10H,3,9H2,1-2H3,(H,15,17)/t10-/m1/s1. The van der Waals surface area contributed by atoms with E-state index < -0.39 is 0 Å². The molecular weight excluding hydrogens is 230 g/mol. The second kappa shape index (κ2) is 5.53. The molecule has 0 bridgehead atoms. The third-order valence-corrected chi connectivity index (χ3v) is 2.75. The highest BCUT2D eigenvalue weighted by atomic mass is 16.4. The first-order valence-corrected chi connectivity index (χ1v) is 6.06. The van der Waals surface area contributed by atoms with E-state index in [9.17, 15) is 4.79 Å². The second-order valence-electron chi connectivity index (χ2n) is 4.25. The van der Waals surface area contributed by atoms with E-state index in [1.54, 1.807) is 23.0 Å². The SMILES string of the molecule is CC[C@@H](C)NC(=O)c1ccc(Cn2cccn2)o1. The lowest BCUT2D eigenvalue weighted by molar-refractivity contribution is 0.0909. The Bertz CT molecular complexity index is 502. The Labute approximate surface area is 106 Å². The van der Waals surface area contributed by atoms with Crippen LogP contribution in [-0.4, -0.2) is 21.7 Å². The monoisotopic (exact) mass is 247 g/mol. The lowest BCUT2D eigenvalue weighted by atomic mass is 10.2. The first kappa shape index (κ1) is 12.4. The van der Waals surface area contributed by atoms with Crippen molar-refractivity contribution in [2.24, 2.45) is 0 Å². The molecule has 0 unspecified atom stereocenters. The molecule has 1 N–H and O–H groups in total. The first-order valence-electron chi connectivity index (χ1n) is 6.06. The van der Waals surface area contributed by atoms with Crippen molar-refractivity contribution in [3.05, 3.63) is 42.1 Å². The van der Waals surface area contributed by atoms with Gasteiger partial charge in [-0.2, -0.15) is 5.10 Å². The molecule has 2 rings (SSSR count). The van der Waals surface area contributed by atoms with Gasteiger partial charge in [-0.15, -0.1) is 0 Å². The summed E-state index contributed by atoms with van der Waals surface area (Å²) in [5.74, 6) is 0.890. The van der Waals surface area contributed by atoms with Gasteiger partial charge in [-0.25, -0.2) is 0 Å². The smallest absolute Gasteiger partial charge is 0.287 e. The summed E-state index contributed by atoms with van der Waals surface area (Å²) in [6.07, 6.45) is 4.45. The zero-order chi connectivity index (χ0) is 13.0. The van der Waals surface area contributed by atoms with Gasteiger partial charge in [0.2, 0.25) is 0 Å². The third-order valence-electron chi connectivity index (χ3n) is 2.75. The molecule has 2 aromatic heterocycles. The van der Waals surface area contributed by atoms with E-state index in [2.05, 4.69) is 10.4 Å². The second-order valence-corrected chi connectivity index (χ2v) is 4.25. The van der Waals surface area contributed by atoms with Crippen LogP contribution in [0.4, 0.5) is 0 Å². The van der Waals surface area contributed by atoms with Crippen LogP contribution in [0.3, 0.4) is 0 Å². The number of nitrogens with one attached hydrogen (secondary N) is 1. The van der Waals surface area contributed by atoms with Gasteiger partial charge in [0.05, 0.1) is 6.54 Å². The van der Waals surface area contributed by atoms with Crippen molar-refractivity contribution >= 4 is 5.91 Å². The van der Waals surface area contributed by atoms with Gasteiger partial charge in [-0.05, 0) is 31.5 Å². The molecule has 18 heavy (non-hydrogen) atoms. The molecule has 0 saturated heterocycles. The molecule has 0 aromatic carbocycles. The largest absolute Gasteiger partial charge is 0.454 e. The Balaban J connectivity index is 1.99. The van der Waals surface area contributed by atoms with Gasteiger partial charge in [0.15, 0.2) is 5.76 Å². The Morgan fingerprint density at radius 2 is 2.39 bits per heavy atom. The van der Waals surface area contributed by atoms with Crippen molar-refractivity contribution in [3.8, 4) is 0 Å². The number of aromatic nitrogens is 2. The molecule has 1 amide bonds. The van der Waals surface area contributed by atoms with Crippen LogP contribution in [0.25, 0.3) is 0 Å². The summed E-state index contributed by atoms with van der Waals surface area (Å²) < 4.78 is 7.24. The topological polar surface area (TPSA) is 60.1 Å². The summed E-state index contributed by atoms with van der Waals surface area (Å²) in [5.41, 5.74) is 0. The average molecular weight is 247 g/mol. The molecule has 0 spiro atoms. The van der Waals surface area contributed by atoms with Crippen molar-refractivity contribution in [3.63, 3.8) is 0 Å². The lowest BCUT2D eigenvalue weighted by Gasteiger charge is -2.09. The molecule has 0 aliphatic carbocycles. The third kappa shape index (κ3) is 3.00. The van der Waals surface area contributed by atoms with Crippen LogP contribution < -0.4 is 5.32 Å².